The maximum Gasteiger partial charge on any atom is 0.338 e. The molecule has 1 aliphatic heterocycles. The van der Waals surface area contributed by atoms with Crippen molar-refractivity contribution in [2.24, 2.45) is 0 Å². The van der Waals surface area contributed by atoms with Gasteiger partial charge in [-0.25, -0.2) is 9.69 Å². The highest BCUT2D eigenvalue weighted by molar-refractivity contribution is 6.34. The summed E-state index contributed by atoms with van der Waals surface area (Å²) in [6, 6.07) is 11.0. The van der Waals surface area contributed by atoms with Crippen LogP contribution in [0.1, 0.15) is 31.1 Å². The molecule has 0 radical (unpaired) electrons. The molecule has 2 aromatic rings. The normalized spacial score (nSPS) is 13.1. The van der Waals surface area contributed by atoms with Crippen LogP contribution in [0.25, 0.3) is 0 Å². The summed E-state index contributed by atoms with van der Waals surface area (Å²) in [5, 5.41) is 0. The van der Waals surface area contributed by atoms with Crippen LogP contribution in [-0.2, 0) is 4.74 Å². The third-order valence-electron chi connectivity index (χ3n) is 4.22. The van der Waals surface area contributed by atoms with Crippen LogP contribution >= 0.6 is 0 Å². The van der Waals surface area contributed by atoms with Gasteiger partial charge in [0.15, 0.2) is 0 Å². The molecule has 27 heavy (non-hydrogen) atoms. The van der Waals surface area contributed by atoms with Gasteiger partial charge in [-0.15, -0.1) is 0 Å². The zero-order valence-electron chi connectivity index (χ0n) is 15.4. The molecule has 0 aliphatic carbocycles. The second-order valence-corrected chi connectivity index (χ2v) is 6.34. The lowest BCUT2D eigenvalue weighted by Crippen LogP contribution is -2.29. The lowest BCUT2D eigenvalue weighted by molar-refractivity contribution is 0.0481. The van der Waals surface area contributed by atoms with Gasteiger partial charge in [0.2, 0.25) is 0 Å². The second kappa shape index (κ2) is 7.59. The molecule has 0 bridgehead atoms. The molecule has 1 aliphatic rings. The Labute approximate surface area is 157 Å². The van der Waals surface area contributed by atoms with Gasteiger partial charge in [-0.1, -0.05) is 0 Å². The van der Waals surface area contributed by atoms with Crippen molar-refractivity contribution in [2.45, 2.75) is 0 Å². The first-order valence-electron chi connectivity index (χ1n) is 8.41. The SMILES string of the molecule is COc1ccc(N2C(=O)c3ccc(C(=O)OCCN(C)C)cc3C2=O)cc1. The summed E-state index contributed by atoms with van der Waals surface area (Å²) < 4.78 is 10.3. The van der Waals surface area contributed by atoms with Gasteiger partial charge in [-0.3, -0.25) is 9.59 Å². The Morgan fingerprint density at radius 3 is 2.30 bits per heavy atom. The summed E-state index contributed by atoms with van der Waals surface area (Å²) in [6.07, 6.45) is 0. The van der Waals surface area contributed by atoms with E-state index in [9.17, 15) is 14.4 Å². The number of anilines is 1. The van der Waals surface area contributed by atoms with Crippen LogP contribution in [0, 0.1) is 0 Å². The van der Waals surface area contributed by atoms with E-state index in [2.05, 4.69) is 0 Å². The Morgan fingerprint density at radius 2 is 1.67 bits per heavy atom. The summed E-state index contributed by atoms with van der Waals surface area (Å²) in [5.41, 5.74) is 1.14. The molecule has 7 heteroatoms. The van der Waals surface area contributed by atoms with E-state index in [0.717, 1.165) is 4.90 Å². The molecule has 3 rings (SSSR count). The first-order chi connectivity index (χ1) is 12.9. The summed E-state index contributed by atoms with van der Waals surface area (Å²) >= 11 is 0. The maximum absolute atomic E-state index is 12.8. The quantitative estimate of drug-likeness (QED) is 0.575. The van der Waals surface area contributed by atoms with Crippen molar-refractivity contribution in [3.05, 3.63) is 59.2 Å². The first kappa shape index (κ1) is 18.6. The fourth-order valence-corrected chi connectivity index (χ4v) is 2.74. The highest BCUT2D eigenvalue weighted by Gasteiger charge is 2.37. The van der Waals surface area contributed by atoms with Crippen LogP contribution in [0.3, 0.4) is 0 Å². The van der Waals surface area contributed by atoms with Crippen LogP contribution in [-0.4, -0.2) is 57.0 Å². The first-order valence-corrected chi connectivity index (χ1v) is 8.41. The molecule has 140 valence electrons. The zero-order chi connectivity index (χ0) is 19.6. The van der Waals surface area contributed by atoms with Gasteiger partial charge in [0.25, 0.3) is 11.8 Å². The molecule has 2 amide bonds. The van der Waals surface area contributed by atoms with Gasteiger partial charge in [0, 0.05) is 6.54 Å². The minimum absolute atomic E-state index is 0.192. The fourth-order valence-electron chi connectivity index (χ4n) is 2.74. The minimum atomic E-state index is -0.525. The number of methoxy groups -OCH3 is 1. The Kier molecular flexibility index (Phi) is 5.23. The van der Waals surface area contributed by atoms with Gasteiger partial charge < -0.3 is 14.4 Å². The molecule has 0 fully saturated rings. The number of fused-ring (bicyclic) bond motifs is 1. The summed E-state index contributed by atoms with van der Waals surface area (Å²) in [7, 11) is 5.29. The van der Waals surface area contributed by atoms with E-state index in [1.54, 1.807) is 24.3 Å². The number of hydrogen-bond acceptors (Lipinski definition) is 6. The van der Waals surface area contributed by atoms with Crippen LogP contribution in [0.15, 0.2) is 42.5 Å². The molecule has 2 aromatic carbocycles. The molecule has 7 nitrogen and oxygen atoms in total. The summed E-state index contributed by atoms with van der Waals surface area (Å²) in [4.78, 5) is 40.6. The van der Waals surface area contributed by atoms with Crippen LogP contribution in [0.5, 0.6) is 5.75 Å². The summed E-state index contributed by atoms with van der Waals surface area (Å²) in [6.45, 7) is 0.840. The van der Waals surface area contributed by atoms with E-state index in [1.807, 2.05) is 19.0 Å². The predicted octanol–water partition coefficient (Wildman–Crippen LogP) is 2.21. The van der Waals surface area contributed by atoms with Crippen molar-refractivity contribution in [3.8, 4) is 5.75 Å². The highest BCUT2D eigenvalue weighted by atomic mass is 16.5. The third-order valence-corrected chi connectivity index (χ3v) is 4.22. The molecule has 0 saturated carbocycles. The largest absolute Gasteiger partial charge is 0.497 e. The minimum Gasteiger partial charge on any atom is -0.497 e. The van der Waals surface area contributed by atoms with Crippen molar-refractivity contribution in [1.82, 2.24) is 4.90 Å². The van der Waals surface area contributed by atoms with Gasteiger partial charge in [0.05, 0.1) is 29.5 Å². The van der Waals surface area contributed by atoms with Gasteiger partial charge >= 0.3 is 5.97 Å². The lowest BCUT2D eigenvalue weighted by atomic mass is 10.1. The Balaban J connectivity index is 1.82. The van der Waals surface area contributed by atoms with E-state index in [0.29, 0.717) is 18.0 Å². The monoisotopic (exact) mass is 368 g/mol. The van der Waals surface area contributed by atoms with Crippen LogP contribution in [0.4, 0.5) is 5.69 Å². The third kappa shape index (κ3) is 3.68. The average molecular weight is 368 g/mol. The number of rotatable bonds is 6. The Morgan fingerprint density at radius 1 is 1.00 bits per heavy atom. The van der Waals surface area contributed by atoms with E-state index < -0.39 is 17.8 Å². The number of esters is 1. The Bertz CT molecular complexity index is 890. The Hall–Kier alpha value is -3.19. The van der Waals surface area contributed by atoms with Gasteiger partial charge in [-0.05, 0) is 56.6 Å². The smallest absolute Gasteiger partial charge is 0.338 e. The van der Waals surface area contributed by atoms with Gasteiger partial charge in [-0.2, -0.15) is 0 Å². The van der Waals surface area contributed by atoms with E-state index in [4.69, 9.17) is 9.47 Å². The fraction of sp³-hybridized carbons (Fsp3) is 0.250. The van der Waals surface area contributed by atoms with Crippen molar-refractivity contribution in [1.29, 1.82) is 0 Å². The second-order valence-electron chi connectivity index (χ2n) is 6.34. The highest BCUT2D eigenvalue weighted by Crippen LogP contribution is 2.30. The van der Waals surface area contributed by atoms with E-state index >= 15 is 0 Å². The molecule has 0 saturated heterocycles. The molecule has 0 aromatic heterocycles. The predicted molar refractivity (Wildman–Crippen MR) is 99.4 cm³/mol. The van der Waals surface area contributed by atoms with Crippen molar-refractivity contribution in [2.75, 3.05) is 39.3 Å². The van der Waals surface area contributed by atoms with E-state index in [-0.39, 0.29) is 23.3 Å². The number of amides is 2. The number of carbonyl (C=O) groups is 3. The molecular formula is C20H20N2O5. The topological polar surface area (TPSA) is 76.2 Å². The van der Waals surface area contributed by atoms with Gasteiger partial charge in [0.1, 0.15) is 12.4 Å². The maximum atomic E-state index is 12.8. The average Bonchev–Trinajstić information content (AvgIpc) is 2.91. The number of hydrogen-bond donors (Lipinski definition) is 0. The molecule has 0 N–H and O–H groups in total. The molecule has 1 heterocycles. The van der Waals surface area contributed by atoms with E-state index in [1.165, 1.54) is 25.3 Å². The zero-order valence-corrected chi connectivity index (χ0v) is 15.4. The van der Waals surface area contributed by atoms with Crippen LogP contribution < -0.4 is 9.64 Å². The molecule has 0 atom stereocenters. The number of nitrogens with zero attached hydrogens (tertiary/aromatic N) is 2. The van der Waals surface area contributed by atoms with Crippen LogP contribution in [0.2, 0.25) is 0 Å². The summed E-state index contributed by atoms with van der Waals surface area (Å²) in [5.74, 6) is -0.795. The van der Waals surface area contributed by atoms with Crippen molar-refractivity contribution in [3.63, 3.8) is 0 Å². The number of imide groups is 1. The molecule has 0 unspecified atom stereocenters. The molecular weight excluding hydrogens is 348 g/mol. The standard InChI is InChI=1S/C20H20N2O5/c1-21(2)10-11-27-20(25)13-4-9-16-17(12-13)19(24)22(18(16)23)14-5-7-15(26-3)8-6-14/h4-9,12H,10-11H2,1-3H3. The van der Waals surface area contributed by atoms with Crippen molar-refractivity contribution >= 4 is 23.5 Å². The van der Waals surface area contributed by atoms with Crippen molar-refractivity contribution < 1.29 is 23.9 Å². The number of benzene rings is 2. The number of carbonyl (C=O) groups excluding carboxylic acids is 3. The lowest BCUT2D eigenvalue weighted by Gasteiger charge is -2.14. The number of likely N-dealkylation sites (N-methyl/N-ethyl adjacent to an activating group) is 1. The molecule has 0 spiro atoms. The number of ether oxygens (including phenoxy) is 2.